The summed E-state index contributed by atoms with van der Waals surface area (Å²) in [5.41, 5.74) is 0.122. The summed E-state index contributed by atoms with van der Waals surface area (Å²) in [6.45, 7) is 17.3. The van der Waals surface area contributed by atoms with Crippen molar-refractivity contribution in [2.24, 2.45) is 22.5 Å². The molecule has 0 radical (unpaired) electrons. The molecule has 0 aromatic heterocycles. The second-order valence-electron chi connectivity index (χ2n) is 18.3. The molecule has 2 aromatic rings. The maximum Gasteiger partial charge on any atom is 0.338 e. The molecule has 1 aliphatic heterocycles. The Hall–Kier alpha value is -4.09. The van der Waals surface area contributed by atoms with E-state index in [2.05, 4.69) is 0 Å². The summed E-state index contributed by atoms with van der Waals surface area (Å²) in [5.74, 6) is -5.63. The quantitative estimate of drug-likeness (QED) is 0.0623. The molecular formula is C48H65NO13Si. The van der Waals surface area contributed by atoms with Crippen LogP contribution in [0.5, 0.6) is 0 Å². The highest BCUT2D eigenvalue weighted by Crippen LogP contribution is 2.64. The van der Waals surface area contributed by atoms with Gasteiger partial charge in [0, 0.05) is 37.4 Å². The number of nitrogens with two attached hydrogens (primary N) is 1. The standard InChI is InChI=1S/C48H65NO13Si/c1-11-56-30(7)58-39(37(49)31-21-17-15-18-22-31)44(54)59-33-26-48(55)42(60-43(53)32-23-19-16-20-24-32)40-46(10,41(52)38(51)36(28(33)5)45(48,8)9)34(62-63(12-2,13-3)14-4)25-35-47(40,27-57-35)61-29(6)50/h15-24,30,33-35,37,39-40,42,55H,11-14,25-27,49H2,1-10H3/t30?,33-,34-,35+,37-,39+,40-,42-,46+,47-,48+/m0/s1. The molecule has 3 N–H and O–H groups in total. The number of benzene rings is 2. The molecule has 15 heteroatoms. The third-order valence-electron chi connectivity index (χ3n) is 14.7. The van der Waals surface area contributed by atoms with E-state index in [0.29, 0.717) is 23.7 Å². The number of ketones is 2. The van der Waals surface area contributed by atoms with Gasteiger partial charge in [0.25, 0.3) is 0 Å². The third kappa shape index (κ3) is 8.27. The Morgan fingerprint density at radius 3 is 2.08 bits per heavy atom. The molecule has 3 aliphatic carbocycles. The van der Waals surface area contributed by atoms with Crippen molar-refractivity contribution >= 4 is 37.8 Å². The van der Waals surface area contributed by atoms with Crippen LogP contribution in [-0.2, 0) is 52.0 Å². The summed E-state index contributed by atoms with van der Waals surface area (Å²) in [5, 5.41) is 13.9. The SMILES string of the molecule is CCOC(C)O[C@@H](C(=O)O[C@H]1C[C@@]2(O)[C@@H](OC(=O)c3ccccc3)[C@@H]3[C@]4(OC(C)=O)CO[C@@H]4C[C@H](O[Si](CC)(CC)CC)[C@@]3(C)C(=O)C(=O)C(=C1C)C2(C)C)[C@@H](N)c1ccccc1. The molecule has 6 rings (SSSR count). The molecule has 14 nitrogen and oxygen atoms in total. The number of rotatable bonds is 16. The average Bonchev–Trinajstić information content (AvgIpc) is 3.25. The van der Waals surface area contributed by atoms with Crippen molar-refractivity contribution in [3.63, 3.8) is 0 Å². The van der Waals surface area contributed by atoms with Gasteiger partial charge in [-0.05, 0) is 69.1 Å². The minimum atomic E-state index is -2.58. The highest BCUT2D eigenvalue weighted by Gasteiger charge is 2.78. The van der Waals surface area contributed by atoms with Crippen molar-refractivity contribution in [1.82, 2.24) is 0 Å². The van der Waals surface area contributed by atoms with E-state index >= 15 is 9.59 Å². The van der Waals surface area contributed by atoms with Crippen molar-refractivity contribution in [3.8, 4) is 0 Å². The van der Waals surface area contributed by atoms with Gasteiger partial charge in [-0.15, -0.1) is 0 Å². The highest BCUT2D eigenvalue weighted by atomic mass is 28.4. The van der Waals surface area contributed by atoms with Crippen LogP contribution in [-0.4, -0.2) is 104 Å². The van der Waals surface area contributed by atoms with Gasteiger partial charge in [0.1, 0.15) is 23.9 Å². The zero-order valence-electron chi connectivity index (χ0n) is 38.3. The number of carbonyl (C=O) groups is 5. The van der Waals surface area contributed by atoms with Crippen LogP contribution < -0.4 is 5.73 Å². The fourth-order valence-corrected chi connectivity index (χ4v) is 13.8. The number of aliphatic hydroxyl groups is 1. The van der Waals surface area contributed by atoms with Gasteiger partial charge in [-0.3, -0.25) is 14.4 Å². The van der Waals surface area contributed by atoms with Crippen molar-refractivity contribution in [3.05, 3.63) is 82.9 Å². The van der Waals surface area contributed by atoms with Crippen LogP contribution in [0.4, 0.5) is 0 Å². The molecule has 4 aliphatic rings. The molecule has 11 atom stereocenters. The Kier molecular flexibility index (Phi) is 14.1. The summed E-state index contributed by atoms with van der Waals surface area (Å²) in [6, 6.07) is 18.1. The van der Waals surface area contributed by atoms with E-state index in [1.807, 2.05) is 26.8 Å². The van der Waals surface area contributed by atoms with E-state index in [0.717, 1.165) is 0 Å². The van der Waals surface area contributed by atoms with E-state index < -0.39 is 115 Å². The molecular weight excluding hydrogens is 827 g/mol. The second-order valence-corrected chi connectivity index (χ2v) is 23.0. The van der Waals surface area contributed by atoms with Crippen LogP contribution in [0.3, 0.4) is 0 Å². The molecule has 2 aromatic carbocycles. The fourth-order valence-electron chi connectivity index (χ4n) is 10.8. The molecule has 2 bridgehead atoms. The van der Waals surface area contributed by atoms with E-state index in [1.165, 1.54) is 6.92 Å². The monoisotopic (exact) mass is 891 g/mol. The van der Waals surface area contributed by atoms with Crippen LogP contribution >= 0.6 is 0 Å². The van der Waals surface area contributed by atoms with Gasteiger partial charge in [-0.25, -0.2) is 9.59 Å². The zero-order valence-corrected chi connectivity index (χ0v) is 39.3. The van der Waals surface area contributed by atoms with Crippen molar-refractivity contribution < 1.29 is 61.9 Å². The first kappa shape index (κ1) is 48.4. The predicted octanol–water partition coefficient (Wildman–Crippen LogP) is 6.34. The normalized spacial score (nSPS) is 31.5. The minimum absolute atomic E-state index is 0.0933. The molecule has 1 heterocycles. The van der Waals surface area contributed by atoms with Gasteiger partial charge >= 0.3 is 17.9 Å². The van der Waals surface area contributed by atoms with Gasteiger partial charge < -0.3 is 43.7 Å². The fraction of sp³-hybridized carbons (Fsp3) is 0.604. The first-order valence-electron chi connectivity index (χ1n) is 22.3. The van der Waals surface area contributed by atoms with E-state index in [1.54, 1.807) is 96.1 Å². The van der Waals surface area contributed by atoms with Gasteiger partial charge in [-0.2, -0.15) is 0 Å². The Morgan fingerprint density at radius 1 is 0.937 bits per heavy atom. The Morgan fingerprint density at radius 2 is 1.54 bits per heavy atom. The van der Waals surface area contributed by atoms with Crippen LogP contribution in [0.25, 0.3) is 0 Å². The van der Waals surface area contributed by atoms with E-state index in [4.69, 9.17) is 38.6 Å². The lowest BCUT2D eigenvalue weighted by molar-refractivity contribution is -0.342. The summed E-state index contributed by atoms with van der Waals surface area (Å²) in [6.07, 6.45) is -7.51. The van der Waals surface area contributed by atoms with Crippen molar-refractivity contribution in [1.29, 1.82) is 0 Å². The van der Waals surface area contributed by atoms with Crippen molar-refractivity contribution in [2.75, 3.05) is 13.2 Å². The van der Waals surface area contributed by atoms with Crippen molar-refractivity contribution in [2.45, 2.75) is 154 Å². The topological polar surface area (TPSA) is 196 Å². The van der Waals surface area contributed by atoms with E-state index in [9.17, 15) is 19.5 Å². The zero-order chi connectivity index (χ0) is 46.3. The summed E-state index contributed by atoms with van der Waals surface area (Å²) >= 11 is 0. The lowest BCUT2D eigenvalue weighted by atomic mass is 9.45. The van der Waals surface area contributed by atoms with Gasteiger partial charge in [-0.1, -0.05) is 83.1 Å². The average molecular weight is 892 g/mol. The maximum atomic E-state index is 15.7. The van der Waals surface area contributed by atoms with E-state index in [-0.39, 0.29) is 36.3 Å². The van der Waals surface area contributed by atoms with Crippen LogP contribution in [0.1, 0.15) is 104 Å². The summed E-state index contributed by atoms with van der Waals surface area (Å²) < 4.78 is 44.3. The molecule has 63 heavy (non-hydrogen) atoms. The number of fused-ring (bicyclic) bond motifs is 5. The van der Waals surface area contributed by atoms with Crippen LogP contribution in [0.2, 0.25) is 18.1 Å². The van der Waals surface area contributed by atoms with Gasteiger partial charge in [0.05, 0.1) is 35.6 Å². The number of Topliss-reactive ketones (excluding diaryl/α,β-unsaturated/α-hetero) is 2. The largest absolute Gasteiger partial charge is 0.456 e. The molecule has 0 amide bonds. The summed E-state index contributed by atoms with van der Waals surface area (Å²) in [7, 11) is -2.58. The Labute approximate surface area is 371 Å². The maximum absolute atomic E-state index is 15.7. The van der Waals surface area contributed by atoms with Crippen LogP contribution in [0.15, 0.2) is 71.8 Å². The first-order chi connectivity index (χ1) is 29.7. The van der Waals surface area contributed by atoms with Crippen LogP contribution in [0, 0.1) is 16.7 Å². The molecule has 3 fully saturated rings. The third-order valence-corrected chi connectivity index (χ3v) is 19.4. The van der Waals surface area contributed by atoms with Gasteiger partial charge in [0.2, 0.25) is 11.6 Å². The minimum Gasteiger partial charge on any atom is -0.456 e. The molecule has 0 spiro atoms. The first-order valence-corrected chi connectivity index (χ1v) is 24.8. The number of hydrogen-bond donors (Lipinski definition) is 2. The smallest absolute Gasteiger partial charge is 0.338 e. The molecule has 1 saturated heterocycles. The predicted molar refractivity (Wildman–Crippen MR) is 233 cm³/mol. The number of ether oxygens (including phenoxy) is 6. The highest BCUT2D eigenvalue weighted by molar-refractivity contribution is 6.73. The molecule has 2 saturated carbocycles. The lowest BCUT2D eigenvalue weighted by Gasteiger charge is -2.67. The Balaban J connectivity index is 1.58. The molecule has 344 valence electrons. The lowest BCUT2D eigenvalue weighted by Crippen LogP contribution is -2.82. The Bertz CT molecular complexity index is 2060. The number of hydrogen-bond acceptors (Lipinski definition) is 14. The summed E-state index contributed by atoms with van der Waals surface area (Å²) in [4.78, 5) is 73.4. The number of esters is 3. The molecule has 1 unspecified atom stereocenters. The van der Waals surface area contributed by atoms with Gasteiger partial charge in [0.15, 0.2) is 26.3 Å². The second kappa shape index (κ2) is 18.4. The number of carbonyl (C=O) groups excluding carboxylic acids is 5.